The zero-order valence-corrected chi connectivity index (χ0v) is 9.23. The smallest absolute Gasteiger partial charge is 0.248 e. The summed E-state index contributed by atoms with van der Waals surface area (Å²) in [5, 5.41) is 0. The van der Waals surface area contributed by atoms with E-state index in [1.807, 2.05) is 6.92 Å². The van der Waals surface area contributed by atoms with E-state index in [9.17, 15) is 4.79 Å². The summed E-state index contributed by atoms with van der Waals surface area (Å²) in [5.41, 5.74) is 5.58. The standard InChI is InChI=1S/C12H15NO3/c1-3-7-16-10-6-5-9(12(13)14)8-11(10)15-4-2/h3,5-6,8H,1,4,7H2,2H3,(H2,13,14). The number of rotatable bonds is 6. The first-order valence-electron chi connectivity index (χ1n) is 4.99. The van der Waals surface area contributed by atoms with E-state index in [0.29, 0.717) is 30.3 Å². The van der Waals surface area contributed by atoms with Gasteiger partial charge in [-0.25, -0.2) is 0 Å². The normalized spacial score (nSPS) is 9.56. The first-order valence-corrected chi connectivity index (χ1v) is 4.99. The number of carbonyl (C=O) groups is 1. The molecule has 0 aliphatic heterocycles. The second kappa shape index (κ2) is 5.80. The maximum Gasteiger partial charge on any atom is 0.248 e. The quantitative estimate of drug-likeness (QED) is 0.744. The summed E-state index contributed by atoms with van der Waals surface area (Å²) in [6.07, 6.45) is 1.64. The third-order valence-corrected chi connectivity index (χ3v) is 1.88. The number of amides is 1. The van der Waals surface area contributed by atoms with Gasteiger partial charge in [0, 0.05) is 5.56 Å². The highest BCUT2D eigenvalue weighted by atomic mass is 16.5. The lowest BCUT2D eigenvalue weighted by Crippen LogP contribution is -2.11. The van der Waals surface area contributed by atoms with Crippen molar-refractivity contribution >= 4 is 5.91 Å². The Morgan fingerprint density at radius 1 is 1.44 bits per heavy atom. The molecule has 1 rings (SSSR count). The van der Waals surface area contributed by atoms with E-state index in [-0.39, 0.29) is 0 Å². The fraction of sp³-hybridized carbons (Fsp3) is 0.250. The van der Waals surface area contributed by atoms with Gasteiger partial charge in [0.05, 0.1) is 6.61 Å². The minimum atomic E-state index is -0.490. The molecule has 4 nitrogen and oxygen atoms in total. The molecule has 0 aromatic heterocycles. The average Bonchev–Trinajstić information content (AvgIpc) is 2.27. The van der Waals surface area contributed by atoms with Gasteiger partial charge in [0.25, 0.3) is 0 Å². The molecule has 0 radical (unpaired) electrons. The van der Waals surface area contributed by atoms with Gasteiger partial charge in [-0.15, -0.1) is 0 Å². The summed E-state index contributed by atoms with van der Waals surface area (Å²) in [6.45, 7) is 6.29. The molecule has 0 aliphatic carbocycles. The molecule has 4 heteroatoms. The van der Waals surface area contributed by atoms with Crippen LogP contribution in [0.2, 0.25) is 0 Å². The molecular formula is C12H15NO3. The summed E-state index contributed by atoms with van der Waals surface area (Å²) in [6, 6.07) is 4.84. The van der Waals surface area contributed by atoms with E-state index in [0.717, 1.165) is 0 Å². The molecule has 0 bridgehead atoms. The Bertz CT molecular complexity index is 388. The molecule has 1 amide bonds. The van der Waals surface area contributed by atoms with Crippen LogP contribution in [-0.2, 0) is 0 Å². The Morgan fingerprint density at radius 2 is 2.19 bits per heavy atom. The van der Waals surface area contributed by atoms with E-state index in [4.69, 9.17) is 15.2 Å². The lowest BCUT2D eigenvalue weighted by Gasteiger charge is -2.11. The van der Waals surface area contributed by atoms with Gasteiger partial charge in [-0.1, -0.05) is 12.7 Å². The zero-order chi connectivity index (χ0) is 12.0. The van der Waals surface area contributed by atoms with E-state index >= 15 is 0 Å². The second-order valence-corrected chi connectivity index (χ2v) is 3.06. The predicted molar refractivity (Wildman–Crippen MR) is 61.8 cm³/mol. The molecule has 0 saturated carbocycles. The van der Waals surface area contributed by atoms with Crippen molar-refractivity contribution in [2.45, 2.75) is 6.92 Å². The van der Waals surface area contributed by atoms with Gasteiger partial charge in [0.2, 0.25) is 5.91 Å². The van der Waals surface area contributed by atoms with Crippen LogP contribution in [0.3, 0.4) is 0 Å². The lowest BCUT2D eigenvalue weighted by atomic mass is 10.2. The van der Waals surface area contributed by atoms with Crippen LogP contribution >= 0.6 is 0 Å². The van der Waals surface area contributed by atoms with Crippen LogP contribution in [0.4, 0.5) is 0 Å². The molecule has 86 valence electrons. The van der Waals surface area contributed by atoms with Crippen LogP contribution < -0.4 is 15.2 Å². The Labute approximate surface area is 94.7 Å². The first kappa shape index (κ1) is 12.1. The predicted octanol–water partition coefficient (Wildman–Crippen LogP) is 1.75. The largest absolute Gasteiger partial charge is 0.490 e. The molecule has 0 spiro atoms. The number of carbonyl (C=O) groups excluding carboxylic acids is 1. The molecule has 0 aliphatic rings. The highest BCUT2D eigenvalue weighted by molar-refractivity contribution is 5.93. The third-order valence-electron chi connectivity index (χ3n) is 1.88. The van der Waals surface area contributed by atoms with E-state index in [1.165, 1.54) is 0 Å². The highest BCUT2D eigenvalue weighted by Crippen LogP contribution is 2.28. The summed E-state index contributed by atoms with van der Waals surface area (Å²) in [7, 11) is 0. The monoisotopic (exact) mass is 221 g/mol. The molecule has 0 heterocycles. The highest BCUT2D eigenvalue weighted by Gasteiger charge is 2.08. The fourth-order valence-electron chi connectivity index (χ4n) is 1.20. The van der Waals surface area contributed by atoms with Gasteiger partial charge in [-0.2, -0.15) is 0 Å². The Hall–Kier alpha value is -1.97. The number of benzene rings is 1. The van der Waals surface area contributed by atoms with Gasteiger partial charge in [0.15, 0.2) is 11.5 Å². The van der Waals surface area contributed by atoms with Crippen LogP contribution in [0.15, 0.2) is 30.9 Å². The maximum absolute atomic E-state index is 11.0. The topological polar surface area (TPSA) is 61.5 Å². The summed E-state index contributed by atoms with van der Waals surface area (Å²) in [4.78, 5) is 11.0. The van der Waals surface area contributed by atoms with Gasteiger partial charge < -0.3 is 15.2 Å². The minimum absolute atomic E-state index is 0.385. The molecule has 2 N–H and O–H groups in total. The number of hydrogen-bond donors (Lipinski definition) is 1. The molecule has 0 atom stereocenters. The maximum atomic E-state index is 11.0. The van der Waals surface area contributed by atoms with Gasteiger partial charge in [0.1, 0.15) is 6.61 Å². The van der Waals surface area contributed by atoms with Crippen molar-refractivity contribution in [3.63, 3.8) is 0 Å². The van der Waals surface area contributed by atoms with Gasteiger partial charge >= 0.3 is 0 Å². The molecule has 1 aromatic carbocycles. The lowest BCUT2D eigenvalue weighted by molar-refractivity contribution is 0.1000. The molecule has 0 fully saturated rings. The Kier molecular flexibility index (Phi) is 4.39. The minimum Gasteiger partial charge on any atom is -0.490 e. The zero-order valence-electron chi connectivity index (χ0n) is 9.23. The van der Waals surface area contributed by atoms with Crippen molar-refractivity contribution in [3.05, 3.63) is 36.4 Å². The molecular weight excluding hydrogens is 206 g/mol. The molecule has 0 saturated heterocycles. The number of primary amides is 1. The first-order chi connectivity index (χ1) is 7.69. The Morgan fingerprint density at radius 3 is 2.75 bits per heavy atom. The van der Waals surface area contributed by atoms with Crippen molar-refractivity contribution in [1.82, 2.24) is 0 Å². The van der Waals surface area contributed by atoms with Crippen LogP contribution in [0.5, 0.6) is 11.5 Å². The summed E-state index contributed by atoms with van der Waals surface area (Å²) < 4.78 is 10.7. The van der Waals surface area contributed by atoms with Crippen LogP contribution in [0.1, 0.15) is 17.3 Å². The van der Waals surface area contributed by atoms with Crippen LogP contribution in [0.25, 0.3) is 0 Å². The van der Waals surface area contributed by atoms with Crippen molar-refractivity contribution in [3.8, 4) is 11.5 Å². The number of hydrogen-bond acceptors (Lipinski definition) is 3. The van der Waals surface area contributed by atoms with E-state index in [1.54, 1.807) is 24.3 Å². The van der Waals surface area contributed by atoms with Crippen LogP contribution in [-0.4, -0.2) is 19.1 Å². The molecule has 16 heavy (non-hydrogen) atoms. The number of nitrogens with two attached hydrogens (primary N) is 1. The van der Waals surface area contributed by atoms with Crippen molar-refractivity contribution in [2.75, 3.05) is 13.2 Å². The van der Waals surface area contributed by atoms with E-state index in [2.05, 4.69) is 6.58 Å². The van der Waals surface area contributed by atoms with Crippen molar-refractivity contribution in [1.29, 1.82) is 0 Å². The van der Waals surface area contributed by atoms with Crippen molar-refractivity contribution < 1.29 is 14.3 Å². The van der Waals surface area contributed by atoms with Crippen LogP contribution in [0, 0.1) is 0 Å². The van der Waals surface area contributed by atoms with E-state index < -0.39 is 5.91 Å². The Balaban J connectivity index is 2.98. The number of ether oxygens (including phenoxy) is 2. The fourth-order valence-corrected chi connectivity index (χ4v) is 1.20. The average molecular weight is 221 g/mol. The van der Waals surface area contributed by atoms with Crippen molar-refractivity contribution in [2.24, 2.45) is 5.73 Å². The SMILES string of the molecule is C=CCOc1ccc(C(N)=O)cc1OCC. The van der Waals surface area contributed by atoms with Gasteiger partial charge in [-0.3, -0.25) is 4.79 Å². The van der Waals surface area contributed by atoms with Gasteiger partial charge in [-0.05, 0) is 25.1 Å². The summed E-state index contributed by atoms with van der Waals surface area (Å²) >= 11 is 0. The molecule has 0 unspecified atom stereocenters. The molecule has 1 aromatic rings. The second-order valence-electron chi connectivity index (χ2n) is 3.06. The third kappa shape index (κ3) is 3.02. The summed E-state index contributed by atoms with van der Waals surface area (Å²) in [5.74, 6) is 0.601.